The number of amides is 1. The minimum Gasteiger partial charge on any atom is -0.480 e. The SMILES string of the molecule is COCc1cc(CSCCC(NC=O)C(=O)O)no1. The second kappa shape index (κ2) is 8.54. The van der Waals surface area contributed by atoms with Crippen LogP contribution in [0.3, 0.4) is 0 Å². The monoisotopic (exact) mass is 288 g/mol. The van der Waals surface area contributed by atoms with Crippen LogP contribution in [0, 0.1) is 0 Å². The predicted molar refractivity (Wildman–Crippen MR) is 68.6 cm³/mol. The average Bonchev–Trinajstić information content (AvgIpc) is 2.81. The Kier molecular flexibility index (Phi) is 6.98. The molecule has 1 rings (SSSR count). The molecule has 106 valence electrons. The number of nitrogens with zero attached hydrogens (tertiary/aromatic N) is 1. The van der Waals surface area contributed by atoms with E-state index in [9.17, 15) is 9.59 Å². The number of nitrogens with one attached hydrogen (secondary N) is 1. The molecule has 0 saturated heterocycles. The van der Waals surface area contributed by atoms with Gasteiger partial charge in [-0.25, -0.2) is 4.79 Å². The van der Waals surface area contributed by atoms with E-state index in [1.165, 1.54) is 11.8 Å². The maximum Gasteiger partial charge on any atom is 0.326 e. The maximum atomic E-state index is 10.8. The number of aromatic nitrogens is 1. The second-order valence-electron chi connectivity index (χ2n) is 3.73. The summed E-state index contributed by atoms with van der Waals surface area (Å²) in [5, 5.41) is 14.9. The Bertz CT molecular complexity index is 410. The van der Waals surface area contributed by atoms with Gasteiger partial charge < -0.3 is 19.7 Å². The van der Waals surface area contributed by atoms with Crippen LogP contribution in [0.4, 0.5) is 0 Å². The highest BCUT2D eigenvalue weighted by Gasteiger charge is 2.15. The van der Waals surface area contributed by atoms with Gasteiger partial charge >= 0.3 is 5.97 Å². The van der Waals surface area contributed by atoms with Crippen LogP contribution in [0.2, 0.25) is 0 Å². The van der Waals surface area contributed by atoms with Crippen LogP contribution < -0.4 is 5.32 Å². The molecule has 0 fully saturated rings. The lowest BCUT2D eigenvalue weighted by Crippen LogP contribution is -2.36. The van der Waals surface area contributed by atoms with Crippen LogP contribution in [-0.4, -0.2) is 41.5 Å². The third-order valence-electron chi connectivity index (χ3n) is 2.26. The first-order chi connectivity index (χ1) is 9.17. The highest BCUT2D eigenvalue weighted by atomic mass is 32.2. The van der Waals surface area contributed by atoms with E-state index in [4.69, 9.17) is 14.4 Å². The van der Waals surface area contributed by atoms with Crippen LogP contribution >= 0.6 is 11.8 Å². The molecule has 2 N–H and O–H groups in total. The lowest BCUT2D eigenvalue weighted by atomic mass is 10.2. The van der Waals surface area contributed by atoms with E-state index in [0.717, 1.165) is 5.69 Å². The Balaban J connectivity index is 2.25. The quantitative estimate of drug-likeness (QED) is 0.481. The van der Waals surface area contributed by atoms with Crippen LogP contribution in [0.5, 0.6) is 0 Å². The van der Waals surface area contributed by atoms with Gasteiger partial charge in [0.2, 0.25) is 6.41 Å². The van der Waals surface area contributed by atoms with E-state index in [2.05, 4.69) is 10.5 Å². The average molecular weight is 288 g/mol. The number of hydrogen-bond acceptors (Lipinski definition) is 6. The maximum absolute atomic E-state index is 10.8. The van der Waals surface area contributed by atoms with Gasteiger partial charge in [0, 0.05) is 18.9 Å². The fourth-order valence-corrected chi connectivity index (χ4v) is 2.26. The number of carboxylic acids is 1. The molecule has 7 nitrogen and oxygen atoms in total. The summed E-state index contributed by atoms with van der Waals surface area (Å²) in [6.45, 7) is 0.377. The third-order valence-corrected chi connectivity index (χ3v) is 3.29. The van der Waals surface area contributed by atoms with Crippen LogP contribution in [0.15, 0.2) is 10.6 Å². The molecule has 0 bridgehead atoms. The van der Waals surface area contributed by atoms with E-state index in [1.807, 2.05) is 0 Å². The molecule has 0 spiro atoms. The van der Waals surface area contributed by atoms with Crippen molar-refractivity contribution >= 4 is 24.1 Å². The molecule has 1 aromatic rings. The number of thioether (sulfide) groups is 1. The molecular weight excluding hydrogens is 272 g/mol. The van der Waals surface area contributed by atoms with Gasteiger partial charge in [-0.3, -0.25) is 4.79 Å². The molecule has 1 unspecified atom stereocenters. The smallest absolute Gasteiger partial charge is 0.326 e. The number of hydrogen-bond donors (Lipinski definition) is 2. The van der Waals surface area contributed by atoms with Gasteiger partial charge in [0.1, 0.15) is 12.6 Å². The third kappa shape index (κ3) is 5.75. The Morgan fingerprint density at radius 2 is 2.53 bits per heavy atom. The number of carboxylic acid groups (broad SMARTS) is 1. The molecule has 0 aliphatic carbocycles. The molecule has 8 heteroatoms. The van der Waals surface area contributed by atoms with E-state index in [-0.39, 0.29) is 0 Å². The molecule has 0 saturated carbocycles. The lowest BCUT2D eigenvalue weighted by molar-refractivity contribution is -0.140. The van der Waals surface area contributed by atoms with Crippen molar-refractivity contribution in [2.45, 2.75) is 24.8 Å². The topological polar surface area (TPSA) is 102 Å². The number of rotatable bonds is 10. The summed E-state index contributed by atoms with van der Waals surface area (Å²) >= 11 is 1.53. The summed E-state index contributed by atoms with van der Waals surface area (Å²) in [4.78, 5) is 21.0. The molecule has 1 atom stereocenters. The molecule has 19 heavy (non-hydrogen) atoms. The molecule has 1 amide bonds. The summed E-state index contributed by atoms with van der Waals surface area (Å²) in [7, 11) is 1.57. The van der Waals surface area contributed by atoms with Crippen molar-refractivity contribution in [3.8, 4) is 0 Å². The van der Waals surface area contributed by atoms with Crippen molar-refractivity contribution in [2.24, 2.45) is 0 Å². The standard InChI is InChI=1S/C11H16N2O5S/c1-17-5-9-4-8(13-18-9)6-19-3-2-10(11(15)16)12-7-14/h4,7,10H,2-3,5-6H2,1H3,(H,12,14)(H,15,16). The highest BCUT2D eigenvalue weighted by molar-refractivity contribution is 7.98. The fraction of sp³-hybridized carbons (Fsp3) is 0.545. The summed E-state index contributed by atoms with van der Waals surface area (Å²) in [5.41, 5.74) is 0.785. The zero-order valence-electron chi connectivity index (χ0n) is 10.5. The van der Waals surface area contributed by atoms with E-state index in [1.54, 1.807) is 13.2 Å². The number of carbonyl (C=O) groups is 2. The molecule has 0 aromatic carbocycles. The van der Waals surface area contributed by atoms with Gasteiger partial charge in [-0.15, -0.1) is 0 Å². The lowest BCUT2D eigenvalue weighted by Gasteiger charge is -2.09. The van der Waals surface area contributed by atoms with Crippen LogP contribution in [-0.2, 0) is 26.7 Å². The van der Waals surface area contributed by atoms with Gasteiger partial charge in [-0.1, -0.05) is 5.16 Å². The van der Waals surface area contributed by atoms with Crippen molar-refractivity contribution in [3.05, 3.63) is 17.5 Å². The zero-order valence-corrected chi connectivity index (χ0v) is 11.3. The highest BCUT2D eigenvalue weighted by Crippen LogP contribution is 2.14. The zero-order chi connectivity index (χ0) is 14.1. The first-order valence-electron chi connectivity index (χ1n) is 5.61. The van der Waals surface area contributed by atoms with Gasteiger partial charge in [-0.2, -0.15) is 11.8 Å². The van der Waals surface area contributed by atoms with Gasteiger partial charge in [0.25, 0.3) is 0 Å². The van der Waals surface area contributed by atoms with Crippen molar-refractivity contribution in [3.63, 3.8) is 0 Å². The van der Waals surface area contributed by atoms with Gasteiger partial charge in [0.05, 0.1) is 5.69 Å². The molecule has 0 aliphatic heterocycles. The summed E-state index contributed by atoms with van der Waals surface area (Å²) < 4.78 is 9.92. The Labute approximate surface area is 114 Å². The first-order valence-corrected chi connectivity index (χ1v) is 6.76. The summed E-state index contributed by atoms with van der Waals surface area (Å²) in [5.74, 6) is 0.853. The summed E-state index contributed by atoms with van der Waals surface area (Å²) in [6, 6.07) is 0.959. The number of aliphatic carboxylic acids is 1. The Hall–Kier alpha value is -1.54. The normalized spacial score (nSPS) is 12.1. The van der Waals surface area contributed by atoms with Crippen molar-refractivity contribution in [1.82, 2.24) is 10.5 Å². The minimum atomic E-state index is -1.03. The van der Waals surface area contributed by atoms with Crippen LogP contribution in [0.25, 0.3) is 0 Å². The van der Waals surface area contributed by atoms with E-state index < -0.39 is 12.0 Å². The number of methoxy groups -OCH3 is 1. The van der Waals surface area contributed by atoms with Crippen LogP contribution in [0.1, 0.15) is 17.9 Å². The molecule has 0 radical (unpaired) electrons. The Morgan fingerprint density at radius 3 is 3.16 bits per heavy atom. The van der Waals surface area contributed by atoms with Crippen molar-refractivity contribution < 1.29 is 24.0 Å². The fourth-order valence-electron chi connectivity index (χ4n) is 1.37. The van der Waals surface area contributed by atoms with Crippen molar-refractivity contribution in [2.75, 3.05) is 12.9 Å². The largest absolute Gasteiger partial charge is 0.480 e. The number of ether oxygens (including phenoxy) is 1. The summed E-state index contributed by atoms with van der Waals surface area (Å²) in [6.07, 6.45) is 0.764. The minimum absolute atomic E-state index is 0.363. The van der Waals surface area contributed by atoms with Crippen molar-refractivity contribution in [1.29, 1.82) is 0 Å². The molecule has 0 aliphatic rings. The first kappa shape index (κ1) is 15.5. The van der Waals surface area contributed by atoms with Gasteiger partial charge in [-0.05, 0) is 12.2 Å². The molecule has 1 aromatic heterocycles. The van der Waals surface area contributed by atoms with Gasteiger partial charge in [0.15, 0.2) is 5.76 Å². The number of carbonyl (C=O) groups excluding carboxylic acids is 1. The van der Waals surface area contributed by atoms with E-state index in [0.29, 0.717) is 36.7 Å². The van der Waals surface area contributed by atoms with E-state index >= 15 is 0 Å². The Morgan fingerprint density at radius 1 is 1.74 bits per heavy atom. The predicted octanol–water partition coefficient (Wildman–Crippen LogP) is 0.643. The molecular formula is C11H16N2O5S. The second-order valence-corrected chi connectivity index (χ2v) is 4.84. The molecule has 1 heterocycles.